The van der Waals surface area contributed by atoms with E-state index in [0.29, 0.717) is 13.0 Å². The first-order chi connectivity index (χ1) is 16.0. The number of aryl methyl sites for hydroxylation is 1. The molecule has 5 rings (SSSR count). The van der Waals surface area contributed by atoms with Gasteiger partial charge in [0, 0.05) is 11.4 Å². The Bertz CT molecular complexity index is 1050. The fraction of sp³-hybridized carbons (Fsp3) is 0.480. The zero-order valence-electron chi connectivity index (χ0n) is 18.9. The molecule has 3 heterocycles. The molecule has 1 spiro atoms. The number of piperidine rings is 1. The van der Waals surface area contributed by atoms with Crippen LogP contribution in [0.3, 0.4) is 0 Å². The molecule has 33 heavy (non-hydrogen) atoms. The molecule has 0 saturated carbocycles. The average molecular weight is 467 g/mol. The molecule has 2 N–H and O–H groups in total. The summed E-state index contributed by atoms with van der Waals surface area (Å²) in [5, 5.41) is 7.94. The van der Waals surface area contributed by atoms with Crippen LogP contribution in [0, 0.1) is 5.92 Å². The molecule has 2 unspecified atom stereocenters. The van der Waals surface area contributed by atoms with Crippen molar-refractivity contribution in [2.75, 3.05) is 26.2 Å². The van der Waals surface area contributed by atoms with Gasteiger partial charge in [0.2, 0.25) is 5.91 Å². The van der Waals surface area contributed by atoms with Gasteiger partial charge in [-0.15, -0.1) is 11.3 Å². The molecule has 2 saturated heterocycles. The van der Waals surface area contributed by atoms with Gasteiger partial charge in [-0.3, -0.25) is 19.4 Å². The van der Waals surface area contributed by atoms with Crippen LogP contribution in [0.2, 0.25) is 0 Å². The van der Waals surface area contributed by atoms with E-state index in [4.69, 9.17) is 0 Å². The second-order valence-corrected chi connectivity index (χ2v) is 10.4. The minimum atomic E-state index is -1.03. The summed E-state index contributed by atoms with van der Waals surface area (Å²) < 4.78 is 0. The van der Waals surface area contributed by atoms with E-state index in [9.17, 15) is 14.4 Å². The van der Waals surface area contributed by atoms with Crippen molar-refractivity contribution in [3.05, 3.63) is 57.8 Å². The van der Waals surface area contributed by atoms with Crippen LogP contribution in [0.15, 0.2) is 41.8 Å². The molecule has 4 amide bonds. The molecule has 8 heteroatoms. The molecule has 1 aliphatic carbocycles. The number of hydrogen-bond acceptors (Lipinski definition) is 5. The summed E-state index contributed by atoms with van der Waals surface area (Å²) in [7, 11) is 0. The molecule has 0 radical (unpaired) electrons. The van der Waals surface area contributed by atoms with Gasteiger partial charge >= 0.3 is 6.03 Å². The van der Waals surface area contributed by atoms with Crippen LogP contribution in [-0.2, 0) is 21.5 Å². The Morgan fingerprint density at radius 2 is 2.00 bits per heavy atom. The molecule has 1 aromatic heterocycles. The molecule has 2 fully saturated rings. The number of imide groups is 1. The van der Waals surface area contributed by atoms with E-state index in [-0.39, 0.29) is 24.4 Å². The van der Waals surface area contributed by atoms with E-state index in [1.165, 1.54) is 4.88 Å². The Hall–Kier alpha value is -2.71. The van der Waals surface area contributed by atoms with Crippen LogP contribution in [-0.4, -0.2) is 53.8 Å². The molecule has 7 nitrogen and oxygen atoms in total. The topological polar surface area (TPSA) is 81.8 Å². The summed E-state index contributed by atoms with van der Waals surface area (Å²) in [5.74, 6) is 0.0914. The van der Waals surface area contributed by atoms with Gasteiger partial charge in [-0.05, 0) is 67.3 Å². The number of thiophene rings is 1. The molecule has 2 aliphatic heterocycles. The standard InChI is InChI=1S/C25H30N4O3S/c1-17-9-12-28(13-10-17)20(21-7-4-14-33-21)15-26-22(30)16-29-23(31)25(27-24(29)32)11-8-18-5-2-3-6-19(18)25/h2-7,14,17,20H,8-13,15-16H2,1H3,(H,26,30)(H,27,32). The maximum atomic E-state index is 13.3. The number of rotatable bonds is 6. The van der Waals surface area contributed by atoms with E-state index < -0.39 is 11.6 Å². The summed E-state index contributed by atoms with van der Waals surface area (Å²) in [5.41, 5.74) is 0.897. The van der Waals surface area contributed by atoms with Crippen molar-refractivity contribution in [3.63, 3.8) is 0 Å². The highest BCUT2D eigenvalue weighted by Crippen LogP contribution is 2.41. The minimum Gasteiger partial charge on any atom is -0.353 e. The molecule has 2 aromatic rings. The maximum absolute atomic E-state index is 13.3. The van der Waals surface area contributed by atoms with Gasteiger partial charge in [-0.1, -0.05) is 37.3 Å². The predicted molar refractivity (Wildman–Crippen MR) is 127 cm³/mol. The average Bonchev–Trinajstić information content (AvgIpc) is 3.52. The fourth-order valence-corrected chi connectivity index (χ4v) is 6.23. The molecule has 0 bridgehead atoms. The number of fused-ring (bicyclic) bond motifs is 2. The number of carbonyl (C=O) groups excluding carboxylic acids is 3. The lowest BCUT2D eigenvalue weighted by Crippen LogP contribution is -2.46. The number of hydrogen-bond donors (Lipinski definition) is 2. The SMILES string of the molecule is CC1CCN(C(CNC(=O)CN2C(=O)NC3(CCc4ccccc43)C2=O)c2cccs2)CC1. The van der Waals surface area contributed by atoms with Crippen LogP contribution in [0.5, 0.6) is 0 Å². The fourth-order valence-electron chi connectivity index (χ4n) is 5.37. The summed E-state index contributed by atoms with van der Waals surface area (Å²) in [6.07, 6.45) is 3.58. The smallest absolute Gasteiger partial charge is 0.325 e. The Kier molecular flexibility index (Phi) is 5.97. The first-order valence-corrected chi connectivity index (χ1v) is 12.6. The number of urea groups is 1. The lowest BCUT2D eigenvalue weighted by atomic mass is 9.92. The van der Waals surface area contributed by atoms with Crippen LogP contribution >= 0.6 is 11.3 Å². The van der Waals surface area contributed by atoms with Gasteiger partial charge < -0.3 is 10.6 Å². The largest absolute Gasteiger partial charge is 0.353 e. The third-order valence-corrected chi connectivity index (χ3v) is 8.32. The molecular weight excluding hydrogens is 436 g/mol. The second kappa shape index (κ2) is 8.91. The summed E-state index contributed by atoms with van der Waals surface area (Å²) in [6, 6.07) is 11.5. The Labute approximate surface area is 198 Å². The van der Waals surface area contributed by atoms with E-state index in [2.05, 4.69) is 33.9 Å². The second-order valence-electron chi connectivity index (χ2n) is 9.44. The number of benzene rings is 1. The van der Waals surface area contributed by atoms with Gasteiger partial charge in [0.05, 0.1) is 6.04 Å². The normalized spacial score (nSPS) is 24.2. The highest BCUT2D eigenvalue weighted by Gasteiger charge is 2.55. The maximum Gasteiger partial charge on any atom is 0.325 e. The molecule has 174 valence electrons. The zero-order chi connectivity index (χ0) is 23.0. The van der Waals surface area contributed by atoms with Crippen molar-refractivity contribution in [2.24, 2.45) is 5.92 Å². The van der Waals surface area contributed by atoms with Gasteiger partial charge in [-0.2, -0.15) is 0 Å². The number of nitrogens with zero attached hydrogens (tertiary/aromatic N) is 2. The molecule has 1 aromatic carbocycles. The lowest BCUT2D eigenvalue weighted by molar-refractivity contribution is -0.135. The zero-order valence-corrected chi connectivity index (χ0v) is 19.7. The Morgan fingerprint density at radius 3 is 2.76 bits per heavy atom. The van der Waals surface area contributed by atoms with Gasteiger partial charge in [-0.25, -0.2) is 4.79 Å². The van der Waals surface area contributed by atoms with Crippen molar-refractivity contribution in [1.82, 2.24) is 20.4 Å². The van der Waals surface area contributed by atoms with Crippen molar-refractivity contribution in [1.29, 1.82) is 0 Å². The van der Waals surface area contributed by atoms with Gasteiger partial charge in [0.15, 0.2) is 0 Å². The van der Waals surface area contributed by atoms with Crippen LogP contribution in [0.1, 0.15) is 48.2 Å². The van der Waals surface area contributed by atoms with E-state index >= 15 is 0 Å². The van der Waals surface area contributed by atoms with Crippen molar-refractivity contribution in [2.45, 2.75) is 44.2 Å². The van der Waals surface area contributed by atoms with Crippen molar-refractivity contribution >= 4 is 29.2 Å². The number of nitrogens with one attached hydrogen (secondary N) is 2. The number of likely N-dealkylation sites (tertiary alicyclic amines) is 1. The minimum absolute atomic E-state index is 0.109. The van der Waals surface area contributed by atoms with E-state index in [1.54, 1.807) is 11.3 Å². The van der Waals surface area contributed by atoms with Crippen LogP contribution in [0.25, 0.3) is 0 Å². The number of carbonyl (C=O) groups is 3. The molecule has 2 atom stereocenters. The third kappa shape index (κ3) is 4.06. The van der Waals surface area contributed by atoms with Crippen LogP contribution < -0.4 is 10.6 Å². The van der Waals surface area contributed by atoms with Crippen LogP contribution in [0.4, 0.5) is 4.79 Å². The van der Waals surface area contributed by atoms with Gasteiger partial charge in [0.25, 0.3) is 5.91 Å². The molecular formula is C25H30N4O3S. The summed E-state index contributed by atoms with van der Waals surface area (Å²) in [4.78, 5) is 43.6. The molecule has 3 aliphatic rings. The highest BCUT2D eigenvalue weighted by molar-refractivity contribution is 7.10. The summed E-state index contributed by atoms with van der Waals surface area (Å²) >= 11 is 1.70. The van der Waals surface area contributed by atoms with Crippen molar-refractivity contribution < 1.29 is 14.4 Å². The lowest BCUT2D eigenvalue weighted by Gasteiger charge is -2.36. The predicted octanol–water partition coefficient (Wildman–Crippen LogP) is 3.03. The first-order valence-electron chi connectivity index (χ1n) is 11.7. The Morgan fingerprint density at radius 1 is 1.21 bits per heavy atom. The number of amides is 4. The Balaban J connectivity index is 1.24. The van der Waals surface area contributed by atoms with Gasteiger partial charge in [0.1, 0.15) is 12.1 Å². The van der Waals surface area contributed by atoms with E-state index in [1.807, 2.05) is 30.3 Å². The monoisotopic (exact) mass is 466 g/mol. The third-order valence-electron chi connectivity index (χ3n) is 7.35. The van der Waals surface area contributed by atoms with E-state index in [0.717, 1.165) is 54.3 Å². The van der Waals surface area contributed by atoms with Crippen molar-refractivity contribution in [3.8, 4) is 0 Å². The quantitative estimate of drug-likeness (QED) is 0.642. The highest BCUT2D eigenvalue weighted by atomic mass is 32.1. The summed E-state index contributed by atoms with van der Waals surface area (Å²) in [6.45, 7) is 4.50. The first kappa shape index (κ1) is 22.1.